The van der Waals surface area contributed by atoms with E-state index in [1.165, 1.54) is 23.2 Å². The van der Waals surface area contributed by atoms with Crippen LogP contribution in [0.1, 0.15) is 16.8 Å². The first-order chi connectivity index (χ1) is 14.2. The first-order valence-electron chi connectivity index (χ1n) is 8.93. The predicted octanol–water partition coefficient (Wildman–Crippen LogP) is 2.87. The van der Waals surface area contributed by atoms with Crippen LogP contribution >= 0.6 is 11.6 Å². The summed E-state index contributed by atoms with van der Waals surface area (Å²) in [5, 5.41) is 13.6. The fraction of sp³-hybridized carbons (Fsp3) is 0.389. The number of nitrogens with zero attached hydrogens (tertiary/aromatic N) is 3. The second-order valence-corrected chi connectivity index (χ2v) is 7.07. The molecule has 0 saturated heterocycles. The Balaban J connectivity index is 1.63. The van der Waals surface area contributed by atoms with Gasteiger partial charge in [-0.05, 0) is 29.7 Å². The topological polar surface area (TPSA) is 90.4 Å². The van der Waals surface area contributed by atoms with Crippen molar-refractivity contribution >= 4 is 23.6 Å². The molecule has 2 amide bonds. The molecule has 1 aliphatic heterocycles. The van der Waals surface area contributed by atoms with Gasteiger partial charge in [-0.1, -0.05) is 17.7 Å². The van der Waals surface area contributed by atoms with Crippen molar-refractivity contribution in [2.75, 3.05) is 18.5 Å². The number of aromatic nitrogens is 2. The molecule has 30 heavy (non-hydrogen) atoms. The van der Waals surface area contributed by atoms with Gasteiger partial charge in [0.2, 0.25) is 5.95 Å². The summed E-state index contributed by atoms with van der Waals surface area (Å²) in [7, 11) is 0. The average Bonchev–Trinajstić information content (AvgIpc) is 2.71. The molecule has 0 radical (unpaired) electrons. The van der Waals surface area contributed by atoms with E-state index in [1.807, 2.05) is 0 Å². The maximum atomic E-state index is 13.5. The third-order valence-corrected chi connectivity index (χ3v) is 4.85. The molecule has 0 aliphatic carbocycles. The Kier molecular flexibility index (Phi) is 6.61. The lowest BCUT2D eigenvalue weighted by molar-refractivity contribution is -0.149. The largest absolute Gasteiger partial charge is 0.410 e. The van der Waals surface area contributed by atoms with Crippen molar-refractivity contribution in [2.45, 2.75) is 31.7 Å². The van der Waals surface area contributed by atoms with E-state index in [0.717, 1.165) is 5.56 Å². The zero-order valence-electron chi connectivity index (χ0n) is 15.5. The van der Waals surface area contributed by atoms with E-state index >= 15 is 0 Å². The van der Waals surface area contributed by atoms with E-state index in [4.69, 9.17) is 16.7 Å². The number of benzene rings is 1. The second kappa shape index (κ2) is 9.00. The van der Waals surface area contributed by atoms with Crippen molar-refractivity contribution in [1.82, 2.24) is 20.2 Å². The smallest absolute Gasteiger partial charge is 0.394 e. The number of hydrogen-bond donors (Lipinski definition) is 3. The Morgan fingerprint density at radius 3 is 2.80 bits per heavy atom. The van der Waals surface area contributed by atoms with Gasteiger partial charge in [0.05, 0.1) is 23.9 Å². The SMILES string of the molecule is O=C(NCc1ccc(Cl)c(F)c1)N1CCc2cnc(NC(CO)C(F)(F)F)nc2C1. The maximum absolute atomic E-state index is 13.5. The van der Waals surface area contributed by atoms with Crippen molar-refractivity contribution in [3.63, 3.8) is 0 Å². The standard InChI is InChI=1S/C18H18ClF4N5O2/c19-12-2-1-10(5-13(12)20)6-25-17(30)28-4-3-11-7-24-16(26-14(11)8-28)27-15(9-29)18(21,22)23/h1-2,5,7,15,29H,3-4,6,8-9H2,(H,25,30)(H,24,26,27). The van der Waals surface area contributed by atoms with Crippen LogP contribution in [0.5, 0.6) is 0 Å². The van der Waals surface area contributed by atoms with Gasteiger partial charge in [-0.3, -0.25) is 0 Å². The number of amides is 2. The van der Waals surface area contributed by atoms with Crippen LogP contribution in [0.15, 0.2) is 24.4 Å². The molecule has 2 heterocycles. The summed E-state index contributed by atoms with van der Waals surface area (Å²) in [6, 6.07) is 1.57. The van der Waals surface area contributed by atoms with Gasteiger partial charge in [0.1, 0.15) is 11.9 Å². The van der Waals surface area contributed by atoms with Crippen LogP contribution in [0.25, 0.3) is 0 Å². The van der Waals surface area contributed by atoms with Gasteiger partial charge in [-0.25, -0.2) is 19.2 Å². The molecule has 1 aromatic heterocycles. The Labute approximate surface area is 174 Å². The van der Waals surface area contributed by atoms with Gasteiger partial charge in [0.15, 0.2) is 0 Å². The van der Waals surface area contributed by atoms with Crippen molar-refractivity contribution in [1.29, 1.82) is 0 Å². The van der Waals surface area contributed by atoms with Gasteiger partial charge < -0.3 is 20.6 Å². The Morgan fingerprint density at radius 2 is 2.13 bits per heavy atom. The molecular formula is C18H18ClF4N5O2. The van der Waals surface area contributed by atoms with Crippen molar-refractivity contribution in [2.24, 2.45) is 0 Å². The van der Waals surface area contributed by atoms with Gasteiger partial charge in [-0.2, -0.15) is 13.2 Å². The van der Waals surface area contributed by atoms with Crippen LogP contribution in [-0.4, -0.2) is 51.4 Å². The summed E-state index contributed by atoms with van der Waals surface area (Å²) < 4.78 is 51.9. The lowest BCUT2D eigenvalue weighted by Gasteiger charge is -2.28. The minimum absolute atomic E-state index is 0.0178. The number of rotatable bonds is 5. The van der Waals surface area contributed by atoms with Crippen molar-refractivity contribution in [3.05, 3.63) is 52.1 Å². The monoisotopic (exact) mass is 447 g/mol. The zero-order valence-corrected chi connectivity index (χ0v) is 16.3. The first-order valence-corrected chi connectivity index (χ1v) is 9.30. The molecule has 3 N–H and O–H groups in total. The lowest BCUT2D eigenvalue weighted by atomic mass is 10.1. The number of aliphatic hydroxyl groups is 1. The number of halogens is 5. The molecular weight excluding hydrogens is 430 g/mol. The number of alkyl halides is 3. The third-order valence-electron chi connectivity index (χ3n) is 4.54. The molecule has 0 saturated carbocycles. The van der Waals surface area contributed by atoms with Crippen LogP contribution in [-0.2, 0) is 19.5 Å². The molecule has 162 valence electrons. The lowest BCUT2D eigenvalue weighted by Crippen LogP contribution is -2.43. The van der Waals surface area contributed by atoms with Crippen molar-refractivity contribution < 1.29 is 27.5 Å². The Bertz CT molecular complexity index is 928. The molecule has 0 bridgehead atoms. The number of anilines is 1. The molecule has 12 heteroatoms. The van der Waals surface area contributed by atoms with Crippen LogP contribution in [0.4, 0.5) is 28.3 Å². The molecule has 1 aliphatic rings. The van der Waals surface area contributed by atoms with E-state index in [-0.39, 0.29) is 24.1 Å². The minimum Gasteiger partial charge on any atom is -0.394 e. The van der Waals surface area contributed by atoms with Crippen LogP contribution in [0.2, 0.25) is 5.02 Å². The van der Waals surface area contributed by atoms with E-state index in [0.29, 0.717) is 24.2 Å². The van der Waals surface area contributed by atoms with Gasteiger partial charge >= 0.3 is 12.2 Å². The summed E-state index contributed by atoms with van der Waals surface area (Å²) in [4.78, 5) is 21.8. The summed E-state index contributed by atoms with van der Waals surface area (Å²) in [5.74, 6) is -0.879. The molecule has 7 nitrogen and oxygen atoms in total. The summed E-state index contributed by atoms with van der Waals surface area (Å²) in [5.41, 5.74) is 1.65. The quantitative estimate of drug-likeness (QED) is 0.613. The van der Waals surface area contributed by atoms with Gasteiger partial charge in [0.25, 0.3) is 0 Å². The molecule has 3 rings (SSSR count). The van der Waals surface area contributed by atoms with Crippen LogP contribution < -0.4 is 10.6 Å². The van der Waals surface area contributed by atoms with Crippen LogP contribution in [0.3, 0.4) is 0 Å². The fourth-order valence-electron chi connectivity index (χ4n) is 2.87. The molecule has 1 unspecified atom stereocenters. The predicted molar refractivity (Wildman–Crippen MR) is 100 cm³/mol. The number of carbonyl (C=O) groups excluding carboxylic acids is 1. The molecule has 1 aromatic carbocycles. The number of fused-ring (bicyclic) bond motifs is 1. The van der Waals surface area contributed by atoms with Crippen molar-refractivity contribution in [3.8, 4) is 0 Å². The maximum Gasteiger partial charge on any atom is 0.410 e. The number of hydrogen-bond acceptors (Lipinski definition) is 5. The Hall–Kier alpha value is -2.66. The zero-order chi connectivity index (χ0) is 21.9. The average molecular weight is 448 g/mol. The number of aliphatic hydroxyl groups excluding tert-OH is 1. The molecule has 1 atom stereocenters. The fourth-order valence-corrected chi connectivity index (χ4v) is 2.99. The number of urea groups is 1. The highest BCUT2D eigenvalue weighted by molar-refractivity contribution is 6.30. The highest BCUT2D eigenvalue weighted by Crippen LogP contribution is 2.24. The number of nitrogens with one attached hydrogen (secondary N) is 2. The second-order valence-electron chi connectivity index (χ2n) is 6.67. The molecule has 0 fully saturated rings. The number of carbonyl (C=O) groups is 1. The van der Waals surface area contributed by atoms with Gasteiger partial charge in [0, 0.05) is 19.3 Å². The first kappa shape index (κ1) is 22.0. The Morgan fingerprint density at radius 1 is 1.37 bits per heavy atom. The normalized spacial score (nSPS) is 14.8. The highest BCUT2D eigenvalue weighted by Gasteiger charge is 2.39. The van der Waals surface area contributed by atoms with E-state index < -0.39 is 30.7 Å². The van der Waals surface area contributed by atoms with E-state index in [2.05, 4.69) is 20.6 Å². The summed E-state index contributed by atoms with van der Waals surface area (Å²) >= 11 is 5.63. The summed E-state index contributed by atoms with van der Waals surface area (Å²) in [6.45, 7) is -0.644. The third kappa shape index (κ3) is 5.28. The van der Waals surface area contributed by atoms with Gasteiger partial charge in [-0.15, -0.1) is 0 Å². The van der Waals surface area contributed by atoms with Crippen LogP contribution in [0, 0.1) is 5.82 Å². The summed E-state index contributed by atoms with van der Waals surface area (Å²) in [6.07, 6.45) is -2.83. The van der Waals surface area contributed by atoms with E-state index in [1.54, 1.807) is 6.07 Å². The highest BCUT2D eigenvalue weighted by atomic mass is 35.5. The molecule has 0 spiro atoms. The van der Waals surface area contributed by atoms with E-state index in [9.17, 15) is 22.4 Å². The molecule has 2 aromatic rings. The minimum atomic E-state index is -4.67.